The van der Waals surface area contributed by atoms with Crippen molar-refractivity contribution in [3.05, 3.63) is 0 Å². The molecule has 1 heterocycles. The zero-order valence-electron chi connectivity index (χ0n) is 8.73. The molecule has 1 N–H and O–H groups in total. The molecule has 1 aliphatic heterocycles. The highest BCUT2D eigenvalue weighted by Crippen LogP contribution is 2.42. The van der Waals surface area contributed by atoms with E-state index in [2.05, 4.69) is 5.32 Å². The number of hydrogen-bond acceptors (Lipinski definition) is 2. The first kappa shape index (κ1) is 10.2. The van der Waals surface area contributed by atoms with Crippen LogP contribution in [0.4, 0.5) is 0 Å². The minimum absolute atomic E-state index is 0.000370. The number of rotatable bonds is 0. The van der Waals surface area contributed by atoms with Crippen LogP contribution in [0.5, 0.6) is 0 Å². The normalized spacial score (nSPS) is 30.2. The Balaban J connectivity index is 2.98. The Morgan fingerprint density at radius 1 is 1.31 bits per heavy atom. The summed E-state index contributed by atoms with van der Waals surface area (Å²) < 4.78 is 0. The van der Waals surface area contributed by atoms with Gasteiger partial charge in [0.15, 0.2) is 5.78 Å². The van der Waals surface area contributed by atoms with Crippen molar-refractivity contribution in [3.63, 3.8) is 0 Å². The van der Waals surface area contributed by atoms with Crippen molar-refractivity contribution in [2.24, 2.45) is 10.8 Å². The van der Waals surface area contributed by atoms with Crippen LogP contribution in [0.15, 0.2) is 0 Å². The lowest BCUT2D eigenvalue weighted by Gasteiger charge is -2.42. The fourth-order valence-electron chi connectivity index (χ4n) is 1.52. The molecule has 1 unspecified atom stereocenters. The summed E-state index contributed by atoms with van der Waals surface area (Å²) in [4.78, 5) is 22.9. The molecule has 0 aromatic carbocycles. The molecule has 74 valence electrons. The van der Waals surface area contributed by atoms with Crippen LogP contribution in [0.2, 0.25) is 0 Å². The first-order valence-electron chi connectivity index (χ1n) is 4.57. The highest BCUT2D eigenvalue weighted by atomic mass is 16.2. The molecule has 13 heavy (non-hydrogen) atoms. The monoisotopic (exact) mass is 183 g/mol. The van der Waals surface area contributed by atoms with Crippen LogP contribution in [0.1, 0.15) is 34.1 Å². The van der Waals surface area contributed by atoms with Gasteiger partial charge in [-0.25, -0.2) is 0 Å². The molecule has 1 aliphatic rings. The molecule has 3 nitrogen and oxygen atoms in total. The van der Waals surface area contributed by atoms with Gasteiger partial charge < -0.3 is 5.32 Å². The minimum atomic E-state index is -0.553. The number of ketones is 1. The fraction of sp³-hybridized carbons (Fsp3) is 0.800. The molecule has 0 aliphatic carbocycles. The van der Waals surface area contributed by atoms with Crippen LogP contribution in [0, 0.1) is 10.8 Å². The molecule has 0 saturated carbocycles. The van der Waals surface area contributed by atoms with Gasteiger partial charge in [-0.3, -0.25) is 9.59 Å². The second-order valence-electron chi connectivity index (χ2n) is 4.98. The van der Waals surface area contributed by atoms with Crippen molar-refractivity contribution in [2.45, 2.75) is 34.1 Å². The molecular formula is C10H17NO2. The van der Waals surface area contributed by atoms with Crippen LogP contribution in [0.3, 0.4) is 0 Å². The molecule has 1 saturated heterocycles. The van der Waals surface area contributed by atoms with Crippen molar-refractivity contribution < 1.29 is 9.59 Å². The van der Waals surface area contributed by atoms with Crippen LogP contribution in [0.25, 0.3) is 0 Å². The van der Waals surface area contributed by atoms with E-state index >= 15 is 0 Å². The van der Waals surface area contributed by atoms with E-state index in [1.807, 2.05) is 27.7 Å². The Labute approximate surface area is 78.9 Å². The van der Waals surface area contributed by atoms with E-state index in [-0.39, 0.29) is 23.7 Å². The van der Waals surface area contributed by atoms with Gasteiger partial charge >= 0.3 is 0 Å². The average molecular weight is 183 g/mol. The highest BCUT2D eigenvalue weighted by Gasteiger charge is 2.47. The maximum atomic E-state index is 11.6. The average Bonchev–Trinajstić information content (AvgIpc) is 1.95. The largest absolute Gasteiger partial charge is 0.349 e. The predicted molar refractivity (Wildman–Crippen MR) is 50.2 cm³/mol. The quantitative estimate of drug-likeness (QED) is 0.612. The molecule has 1 amide bonds. The van der Waals surface area contributed by atoms with Crippen molar-refractivity contribution in [2.75, 3.05) is 6.54 Å². The second kappa shape index (κ2) is 2.82. The lowest BCUT2D eigenvalue weighted by atomic mass is 9.63. The zero-order valence-corrected chi connectivity index (χ0v) is 8.73. The number of nitrogens with one attached hydrogen (secondary N) is 1. The van der Waals surface area contributed by atoms with Gasteiger partial charge in [-0.1, -0.05) is 20.8 Å². The summed E-state index contributed by atoms with van der Waals surface area (Å²) in [6, 6.07) is 0. The fourth-order valence-corrected chi connectivity index (χ4v) is 1.52. The smallest absolute Gasteiger partial charge is 0.227 e. The number of piperidine rings is 1. The summed E-state index contributed by atoms with van der Waals surface area (Å²) in [7, 11) is 0. The van der Waals surface area contributed by atoms with E-state index in [1.54, 1.807) is 0 Å². The van der Waals surface area contributed by atoms with Gasteiger partial charge in [-0.05, 0) is 12.3 Å². The Hall–Kier alpha value is -0.860. The van der Waals surface area contributed by atoms with E-state index in [9.17, 15) is 9.59 Å². The van der Waals surface area contributed by atoms with E-state index < -0.39 is 5.41 Å². The van der Waals surface area contributed by atoms with Gasteiger partial charge in [-0.15, -0.1) is 0 Å². The third kappa shape index (κ3) is 1.60. The highest BCUT2D eigenvalue weighted by molar-refractivity contribution is 5.97. The van der Waals surface area contributed by atoms with E-state index in [0.29, 0.717) is 6.42 Å². The molecule has 3 heteroatoms. The van der Waals surface area contributed by atoms with Crippen LogP contribution >= 0.6 is 0 Å². The zero-order chi connectivity index (χ0) is 10.3. The minimum Gasteiger partial charge on any atom is -0.349 e. The van der Waals surface area contributed by atoms with Gasteiger partial charge in [0.05, 0.1) is 12.0 Å². The Morgan fingerprint density at radius 2 is 1.85 bits per heavy atom. The first-order valence-corrected chi connectivity index (χ1v) is 4.57. The summed E-state index contributed by atoms with van der Waals surface area (Å²) in [5.74, 6) is 0.122. The van der Waals surface area contributed by atoms with Gasteiger partial charge in [0.2, 0.25) is 5.91 Å². The maximum absolute atomic E-state index is 11.6. The van der Waals surface area contributed by atoms with Crippen LogP contribution < -0.4 is 5.32 Å². The Morgan fingerprint density at radius 3 is 2.23 bits per heavy atom. The predicted octanol–water partition coefficient (Wildman–Crippen LogP) is 1.13. The molecular weight excluding hydrogens is 166 g/mol. The number of amides is 1. The summed E-state index contributed by atoms with van der Waals surface area (Å²) in [6.45, 7) is 8.03. The summed E-state index contributed by atoms with van der Waals surface area (Å²) >= 11 is 0. The standard InChI is InChI=1S/C10H17NO2/c1-9(2,3)10(4)5-7(12)6-11-8(10)13/h5-6H2,1-4H3,(H,11,13). The van der Waals surface area contributed by atoms with Crippen molar-refractivity contribution in [1.29, 1.82) is 0 Å². The van der Waals surface area contributed by atoms with Crippen molar-refractivity contribution >= 4 is 11.7 Å². The number of carbonyl (C=O) groups excluding carboxylic acids is 2. The molecule has 1 atom stereocenters. The van der Waals surface area contributed by atoms with Crippen molar-refractivity contribution in [1.82, 2.24) is 5.32 Å². The van der Waals surface area contributed by atoms with E-state index in [0.717, 1.165) is 0 Å². The van der Waals surface area contributed by atoms with E-state index in [1.165, 1.54) is 0 Å². The lowest BCUT2D eigenvalue weighted by Crippen LogP contribution is -2.54. The molecule has 0 spiro atoms. The third-order valence-electron chi connectivity index (χ3n) is 3.15. The topological polar surface area (TPSA) is 46.2 Å². The Kier molecular flexibility index (Phi) is 2.22. The van der Waals surface area contributed by atoms with Gasteiger partial charge in [0.25, 0.3) is 0 Å². The van der Waals surface area contributed by atoms with Gasteiger partial charge in [0, 0.05) is 6.42 Å². The Bertz CT molecular complexity index is 252. The molecule has 1 rings (SSSR count). The second-order valence-corrected chi connectivity index (χ2v) is 4.98. The van der Waals surface area contributed by atoms with Crippen LogP contribution in [-0.4, -0.2) is 18.2 Å². The lowest BCUT2D eigenvalue weighted by molar-refractivity contribution is -0.146. The van der Waals surface area contributed by atoms with Gasteiger partial charge in [-0.2, -0.15) is 0 Å². The summed E-state index contributed by atoms with van der Waals surface area (Å²) in [6.07, 6.45) is 0.363. The number of hydrogen-bond donors (Lipinski definition) is 1. The SMILES string of the molecule is CC(C)(C)C1(C)CC(=O)CNC1=O. The molecule has 0 bridgehead atoms. The number of Topliss-reactive ketones (excluding diaryl/α,β-unsaturated/α-hetero) is 1. The third-order valence-corrected chi connectivity index (χ3v) is 3.15. The number of carbonyl (C=O) groups is 2. The van der Waals surface area contributed by atoms with E-state index in [4.69, 9.17) is 0 Å². The maximum Gasteiger partial charge on any atom is 0.227 e. The van der Waals surface area contributed by atoms with Gasteiger partial charge in [0.1, 0.15) is 0 Å². The summed E-state index contributed by atoms with van der Waals surface area (Å²) in [5.41, 5.74) is -0.727. The molecule has 0 aromatic heterocycles. The molecule has 0 radical (unpaired) electrons. The van der Waals surface area contributed by atoms with Crippen molar-refractivity contribution in [3.8, 4) is 0 Å². The van der Waals surface area contributed by atoms with Crippen LogP contribution in [-0.2, 0) is 9.59 Å². The first-order chi connectivity index (χ1) is 5.77. The summed E-state index contributed by atoms with van der Waals surface area (Å²) in [5, 5.41) is 2.64. The molecule has 0 aromatic rings. The molecule has 1 fully saturated rings.